The average molecular weight is 505 g/mol. The Morgan fingerprint density at radius 3 is 2.36 bits per heavy atom. The molecule has 1 aliphatic rings. The fourth-order valence-electron chi connectivity index (χ4n) is 4.87. The molecule has 1 fully saturated rings. The molecular weight excluding hydrogens is 464 g/mol. The highest BCUT2D eigenvalue weighted by atomic mass is 32.2. The Morgan fingerprint density at radius 1 is 0.972 bits per heavy atom. The molecule has 3 aromatic rings. The third-order valence-electron chi connectivity index (χ3n) is 6.95. The maximum Gasteiger partial charge on any atom is 0.152 e. The summed E-state index contributed by atoms with van der Waals surface area (Å²) in [6.07, 6.45) is 5.34. The van der Waals surface area contributed by atoms with E-state index in [0.29, 0.717) is 18.6 Å². The third-order valence-corrected chi connectivity index (χ3v) is 7.88. The molecule has 5 heteroatoms. The van der Waals surface area contributed by atoms with Crippen LogP contribution in [0.4, 0.5) is 5.69 Å². The first kappa shape index (κ1) is 26.6. The first-order valence-electron chi connectivity index (χ1n) is 13.2. The maximum absolute atomic E-state index is 11.7. The quantitative estimate of drug-likeness (QED) is 0.279. The van der Waals surface area contributed by atoms with E-state index in [4.69, 9.17) is 4.74 Å². The highest BCUT2D eigenvalue weighted by Crippen LogP contribution is 2.27. The number of hydrogen-bond donors (Lipinski definition) is 0. The smallest absolute Gasteiger partial charge is 0.152 e. The van der Waals surface area contributed by atoms with Crippen LogP contribution in [0.5, 0.6) is 5.75 Å². The first-order chi connectivity index (χ1) is 17.5. The summed E-state index contributed by atoms with van der Waals surface area (Å²) < 4.78 is 17.7. The molecule has 1 aliphatic heterocycles. The molecule has 2 atom stereocenters. The van der Waals surface area contributed by atoms with Crippen molar-refractivity contribution in [1.29, 1.82) is 0 Å². The molecule has 0 bridgehead atoms. The number of anilines is 1. The number of likely N-dealkylation sites (tertiary alicyclic amines) is 1. The van der Waals surface area contributed by atoms with Crippen LogP contribution in [0.1, 0.15) is 44.2 Å². The Hall–Kier alpha value is -2.47. The van der Waals surface area contributed by atoms with Crippen LogP contribution in [0.25, 0.3) is 0 Å². The van der Waals surface area contributed by atoms with Gasteiger partial charge in [0.05, 0.1) is 0 Å². The Kier molecular flexibility index (Phi) is 9.74. The molecule has 2 unspecified atom stereocenters. The predicted molar refractivity (Wildman–Crippen MR) is 151 cm³/mol. The highest BCUT2D eigenvalue weighted by molar-refractivity contribution is 7.90. The summed E-state index contributed by atoms with van der Waals surface area (Å²) in [5.74, 6) is 1.58. The Labute approximate surface area is 220 Å². The van der Waals surface area contributed by atoms with Crippen LogP contribution >= 0.6 is 0 Å². The molecule has 36 heavy (non-hydrogen) atoms. The van der Waals surface area contributed by atoms with Crippen LogP contribution in [0.3, 0.4) is 0 Å². The van der Waals surface area contributed by atoms with Gasteiger partial charge < -0.3 is 14.2 Å². The normalized spacial score (nSPS) is 17.2. The fourth-order valence-corrected chi connectivity index (χ4v) is 5.39. The van der Waals surface area contributed by atoms with Gasteiger partial charge in [-0.1, -0.05) is 56.3 Å². The zero-order chi connectivity index (χ0) is 25.3. The molecule has 192 valence electrons. The van der Waals surface area contributed by atoms with Crippen LogP contribution in [-0.4, -0.2) is 41.4 Å². The molecule has 0 spiro atoms. The van der Waals surface area contributed by atoms with Crippen LogP contribution < -0.4 is 9.64 Å². The zero-order valence-electron chi connectivity index (χ0n) is 21.9. The second-order valence-corrected chi connectivity index (χ2v) is 11.7. The Morgan fingerprint density at radius 2 is 1.69 bits per heavy atom. The molecule has 0 radical (unpaired) electrons. The lowest BCUT2D eigenvalue weighted by atomic mass is 10.0. The molecule has 0 N–H and O–H groups in total. The van der Waals surface area contributed by atoms with Gasteiger partial charge >= 0.3 is 0 Å². The molecule has 1 heterocycles. The number of piperidine rings is 1. The predicted octanol–water partition coefficient (Wildman–Crippen LogP) is 6.52. The Balaban J connectivity index is 1.41. The van der Waals surface area contributed by atoms with E-state index in [9.17, 15) is 4.55 Å². The molecule has 0 amide bonds. The van der Waals surface area contributed by atoms with Crippen LogP contribution in [0.2, 0.25) is 0 Å². The number of benzene rings is 3. The van der Waals surface area contributed by atoms with E-state index in [2.05, 4.69) is 72.2 Å². The third kappa shape index (κ3) is 7.76. The van der Waals surface area contributed by atoms with E-state index in [1.54, 1.807) is 6.26 Å². The van der Waals surface area contributed by atoms with Crippen molar-refractivity contribution < 1.29 is 9.29 Å². The minimum atomic E-state index is -0.926. The van der Waals surface area contributed by atoms with Crippen molar-refractivity contribution in [2.24, 2.45) is 5.92 Å². The van der Waals surface area contributed by atoms with Gasteiger partial charge in [-0.05, 0) is 90.4 Å². The lowest BCUT2D eigenvalue weighted by Crippen LogP contribution is -2.48. The van der Waals surface area contributed by atoms with Gasteiger partial charge in [0.25, 0.3) is 0 Å². The summed E-state index contributed by atoms with van der Waals surface area (Å²) in [4.78, 5) is 6.09. The van der Waals surface area contributed by atoms with Crippen LogP contribution in [-0.2, 0) is 24.3 Å². The summed E-state index contributed by atoms with van der Waals surface area (Å²) in [7, 11) is 0. The van der Waals surface area contributed by atoms with Gasteiger partial charge in [0.1, 0.15) is 18.6 Å². The van der Waals surface area contributed by atoms with Gasteiger partial charge in [-0.15, -0.1) is 0 Å². The molecular formula is C31H40N2O2S. The minimum Gasteiger partial charge on any atom is -0.612 e. The van der Waals surface area contributed by atoms with E-state index in [0.717, 1.165) is 36.8 Å². The van der Waals surface area contributed by atoms with Gasteiger partial charge in [0, 0.05) is 31.4 Å². The average Bonchev–Trinajstić information content (AvgIpc) is 2.89. The second-order valence-electron chi connectivity index (χ2n) is 10.3. The van der Waals surface area contributed by atoms with Crippen LogP contribution in [0, 0.1) is 5.92 Å². The van der Waals surface area contributed by atoms with E-state index in [1.807, 2.05) is 30.3 Å². The molecule has 1 saturated heterocycles. The number of hydrogen-bond acceptors (Lipinski definition) is 4. The lowest BCUT2D eigenvalue weighted by molar-refractivity contribution is 0.195. The summed E-state index contributed by atoms with van der Waals surface area (Å²) in [5, 5.41) is 0. The SMILES string of the molecule is CC(C)CCN(c1ccc(OCc2ccccc2)cc1)C1CCCN(Cc2ccc([S+](C)[O-])cc2)C1. The van der Waals surface area contributed by atoms with Gasteiger partial charge in [-0.2, -0.15) is 0 Å². The van der Waals surface area contributed by atoms with E-state index < -0.39 is 11.2 Å². The van der Waals surface area contributed by atoms with Gasteiger partial charge in [-0.25, -0.2) is 0 Å². The first-order valence-corrected chi connectivity index (χ1v) is 14.7. The van der Waals surface area contributed by atoms with Crippen molar-refractivity contribution >= 4 is 16.9 Å². The van der Waals surface area contributed by atoms with Gasteiger partial charge in [0.15, 0.2) is 4.90 Å². The van der Waals surface area contributed by atoms with Crippen molar-refractivity contribution in [3.63, 3.8) is 0 Å². The molecule has 0 saturated carbocycles. The largest absolute Gasteiger partial charge is 0.612 e. The van der Waals surface area contributed by atoms with Crippen molar-refractivity contribution in [1.82, 2.24) is 4.90 Å². The Bertz CT molecular complexity index is 1040. The molecule has 4 rings (SSSR count). The molecule has 3 aromatic carbocycles. The summed E-state index contributed by atoms with van der Waals surface area (Å²) in [6, 6.07) is 27.7. The molecule has 0 aromatic heterocycles. The van der Waals surface area contributed by atoms with E-state index >= 15 is 0 Å². The lowest BCUT2D eigenvalue weighted by Gasteiger charge is -2.41. The highest BCUT2D eigenvalue weighted by Gasteiger charge is 2.26. The second kappa shape index (κ2) is 13.2. The number of rotatable bonds is 11. The summed E-state index contributed by atoms with van der Waals surface area (Å²) >= 11 is -0.926. The van der Waals surface area contributed by atoms with Crippen molar-refractivity contribution in [2.75, 3.05) is 30.8 Å². The van der Waals surface area contributed by atoms with Crippen molar-refractivity contribution in [3.8, 4) is 5.75 Å². The van der Waals surface area contributed by atoms with Crippen molar-refractivity contribution in [3.05, 3.63) is 90.0 Å². The zero-order valence-corrected chi connectivity index (χ0v) is 22.8. The van der Waals surface area contributed by atoms with Gasteiger partial charge in [-0.3, -0.25) is 4.90 Å². The minimum absolute atomic E-state index is 0.496. The molecule has 4 nitrogen and oxygen atoms in total. The van der Waals surface area contributed by atoms with E-state index in [-0.39, 0.29) is 0 Å². The topological polar surface area (TPSA) is 38.8 Å². The molecule has 0 aliphatic carbocycles. The van der Waals surface area contributed by atoms with Crippen molar-refractivity contribution in [2.45, 2.75) is 57.2 Å². The van der Waals surface area contributed by atoms with E-state index in [1.165, 1.54) is 36.1 Å². The number of ether oxygens (including phenoxy) is 1. The maximum atomic E-state index is 11.7. The summed E-state index contributed by atoms with van der Waals surface area (Å²) in [5.41, 5.74) is 3.75. The standard InChI is InChI=1S/C31H40N2O2S/c1-25(2)19-21-33(28-13-15-30(16-14-28)35-24-27-8-5-4-6-9-27)29-10-7-20-32(23-29)22-26-11-17-31(18-12-26)36(3)34/h4-6,8-9,11-18,25,29H,7,10,19-24H2,1-3H3. The number of nitrogens with zero attached hydrogens (tertiary/aromatic N) is 2. The van der Waals surface area contributed by atoms with Gasteiger partial charge in [0.2, 0.25) is 0 Å². The summed E-state index contributed by atoms with van der Waals surface area (Å²) in [6.45, 7) is 9.39. The fraction of sp³-hybridized carbons (Fsp3) is 0.419. The monoisotopic (exact) mass is 504 g/mol. The van der Waals surface area contributed by atoms with Crippen LogP contribution in [0.15, 0.2) is 83.8 Å².